The number of aromatic nitrogens is 1. The molecule has 2 heterocycles. The van der Waals surface area contributed by atoms with Gasteiger partial charge in [0.05, 0.1) is 12.6 Å². The predicted octanol–water partition coefficient (Wildman–Crippen LogP) is 4.75. The zero-order valence-corrected chi connectivity index (χ0v) is 14.8. The summed E-state index contributed by atoms with van der Waals surface area (Å²) in [6, 6.07) is 11.0. The second-order valence-electron chi connectivity index (χ2n) is 6.59. The topological polar surface area (TPSA) is 38.5 Å². The lowest BCUT2D eigenvalue weighted by Crippen LogP contribution is -2.22. The first-order chi connectivity index (χ1) is 11.8. The fraction of sp³-hybridized carbons (Fsp3) is 0.550. The van der Waals surface area contributed by atoms with Gasteiger partial charge in [0.15, 0.2) is 0 Å². The average Bonchev–Trinajstić information content (AvgIpc) is 3.24. The minimum Gasteiger partial charge on any atom is -0.494 e. The van der Waals surface area contributed by atoms with E-state index in [9.17, 15) is 0 Å². The molecule has 4 heteroatoms. The Bertz CT molecular complexity index is 621. The van der Waals surface area contributed by atoms with Crippen molar-refractivity contribution in [3.63, 3.8) is 0 Å². The molecule has 1 aromatic heterocycles. The van der Waals surface area contributed by atoms with Gasteiger partial charge in [-0.3, -0.25) is 4.90 Å². The number of hydrogen-bond acceptors (Lipinski definition) is 4. The third-order valence-electron chi connectivity index (χ3n) is 4.56. The fourth-order valence-corrected chi connectivity index (χ4v) is 3.35. The van der Waals surface area contributed by atoms with E-state index in [-0.39, 0.29) is 0 Å². The monoisotopic (exact) mass is 328 g/mol. The van der Waals surface area contributed by atoms with Gasteiger partial charge in [-0.1, -0.05) is 31.1 Å². The summed E-state index contributed by atoms with van der Waals surface area (Å²) in [5.41, 5.74) is 2.42. The van der Waals surface area contributed by atoms with Crippen LogP contribution in [0.5, 0.6) is 5.75 Å². The first-order valence-electron chi connectivity index (χ1n) is 9.21. The molecule has 130 valence electrons. The van der Waals surface area contributed by atoms with Crippen LogP contribution in [-0.4, -0.2) is 23.2 Å². The fourth-order valence-electron chi connectivity index (χ4n) is 3.35. The Morgan fingerprint density at radius 2 is 2.04 bits per heavy atom. The Kier molecular flexibility index (Phi) is 5.91. The smallest absolute Gasteiger partial charge is 0.137 e. The van der Waals surface area contributed by atoms with Crippen molar-refractivity contribution in [1.82, 2.24) is 10.1 Å². The second kappa shape index (κ2) is 8.34. The van der Waals surface area contributed by atoms with Crippen molar-refractivity contribution in [2.75, 3.05) is 13.2 Å². The summed E-state index contributed by atoms with van der Waals surface area (Å²) in [5, 5.41) is 4.32. The number of aryl methyl sites for hydroxylation is 1. The lowest BCUT2D eigenvalue weighted by atomic mass is 10.1. The summed E-state index contributed by atoms with van der Waals surface area (Å²) in [4.78, 5) is 2.51. The molecule has 1 aromatic carbocycles. The quantitative estimate of drug-likeness (QED) is 0.701. The Morgan fingerprint density at radius 3 is 2.79 bits per heavy atom. The number of nitrogens with zero attached hydrogens (tertiary/aromatic N) is 2. The van der Waals surface area contributed by atoms with Crippen LogP contribution in [0, 0.1) is 0 Å². The van der Waals surface area contributed by atoms with Gasteiger partial charge < -0.3 is 9.26 Å². The lowest BCUT2D eigenvalue weighted by Gasteiger charge is -2.22. The highest BCUT2D eigenvalue weighted by Crippen LogP contribution is 2.33. The SMILES string of the molecule is CCCOc1ccc(CN2CCC[C@H]2c2cc(CCC)on2)cc1. The molecular formula is C20H28N2O2. The molecular weight excluding hydrogens is 300 g/mol. The molecule has 0 unspecified atom stereocenters. The highest BCUT2D eigenvalue weighted by Gasteiger charge is 2.28. The molecule has 0 saturated carbocycles. The molecule has 0 radical (unpaired) electrons. The van der Waals surface area contributed by atoms with Crippen molar-refractivity contribution in [3.8, 4) is 5.75 Å². The van der Waals surface area contributed by atoms with Crippen LogP contribution in [0.15, 0.2) is 34.9 Å². The van der Waals surface area contributed by atoms with E-state index in [0.29, 0.717) is 6.04 Å². The summed E-state index contributed by atoms with van der Waals surface area (Å²) in [6.07, 6.45) is 5.48. The summed E-state index contributed by atoms with van der Waals surface area (Å²) < 4.78 is 11.1. The van der Waals surface area contributed by atoms with E-state index in [0.717, 1.165) is 62.6 Å². The van der Waals surface area contributed by atoms with E-state index in [2.05, 4.69) is 54.2 Å². The van der Waals surface area contributed by atoms with Crippen LogP contribution in [0.2, 0.25) is 0 Å². The molecule has 3 rings (SSSR count). The van der Waals surface area contributed by atoms with Crippen LogP contribution in [0.1, 0.15) is 62.6 Å². The molecule has 0 N–H and O–H groups in total. The third-order valence-corrected chi connectivity index (χ3v) is 4.56. The number of hydrogen-bond donors (Lipinski definition) is 0. The van der Waals surface area contributed by atoms with E-state index < -0.39 is 0 Å². The number of benzene rings is 1. The normalized spacial score (nSPS) is 18.2. The first kappa shape index (κ1) is 17.0. The Hall–Kier alpha value is -1.81. The molecule has 0 spiro atoms. The summed E-state index contributed by atoms with van der Waals surface area (Å²) >= 11 is 0. The standard InChI is InChI=1S/C20H28N2O2/c1-3-6-18-14-19(21-24-18)20-7-5-12-22(20)15-16-8-10-17(11-9-16)23-13-4-2/h8-11,14,20H,3-7,12-13,15H2,1-2H3/t20-/m0/s1. The maximum Gasteiger partial charge on any atom is 0.137 e. The average molecular weight is 328 g/mol. The van der Waals surface area contributed by atoms with Crippen molar-refractivity contribution >= 4 is 0 Å². The van der Waals surface area contributed by atoms with Crippen molar-refractivity contribution in [2.45, 2.75) is 58.5 Å². The van der Waals surface area contributed by atoms with Gasteiger partial charge in [-0.2, -0.15) is 0 Å². The molecule has 24 heavy (non-hydrogen) atoms. The summed E-state index contributed by atoms with van der Waals surface area (Å²) in [6.45, 7) is 7.14. The maximum absolute atomic E-state index is 5.66. The maximum atomic E-state index is 5.66. The number of likely N-dealkylation sites (tertiary alicyclic amines) is 1. The van der Waals surface area contributed by atoms with E-state index in [1.54, 1.807) is 0 Å². The predicted molar refractivity (Wildman–Crippen MR) is 95.1 cm³/mol. The Labute approximate surface area is 144 Å². The molecule has 1 aliphatic rings. The number of rotatable bonds is 8. The van der Waals surface area contributed by atoms with E-state index >= 15 is 0 Å². The zero-order valence-electron chi connectivity index (χ0n) is 14.8. The Balaban J connectivity index is 1.62. The van der Waals surface area contributed by atoms with Crippen molar-refractivity contribution in [2.24, 2.45) is 0 Å². The van der Waals surface area contributed by atoms with E-state index in [1.165, 1.54) is 12.0 Å². The third kappa shape index (κ3) is 4.18. The van der Waals surface area contributed by atoms with Gasteiger partial charge in [-0.25, -0.2) is 0 Å². The molecule has 0 amide bonds. The van der Waals surface area contributed by atoms with Crippen molar-refractivity contribution in [3.05, 3.63) is 47.3 Å². The van der Waals surface area contributed by atoms with Crippen LogP contribution in [0.3, 0.4) is 0 Å². The van der Waals surface area contributed by atoms with E-state index in [1.807, 2.05) is 0 Å². The van der Waals surface area contributed by atoms with Gasteiger partial charge in [0.25, 0.3) is 0 Å². The largest absolute Gasteiger partial charge is 0.494 e. The van der Waals surface area contributed by atoms with Gasteiger partial charge in [0, 0.05) is 19.0 Å². The molecule has 1 atom stereocenters. The van der Waals surface area contributed by atoms with Crippen LogP contribution in [0.4, 0.5) is 0 Å². The van der Waals surface area contributed by atoms with E-state index in [4.69, 9.17) is 9.26 Å². The molecule has 4 nitrogen and oxygen atoms in total. The lowest BCUT2D eigenvalue weighted by molar-refractivity contribution is 0.236. The van der Waals surface area contributed by atoms with Crippen LogP contribution in [0.25, 0.3) is 0 Å². The summed E-state index contributed by atoms with van der Waals surface area (Å²) in [7, 11) is 0. The molecule has 2 aromatic rings. The highest BCUT2D eigenvalue weighted by atomic mass is 16.5. The number of ether oxygens (including phenoxy) is 1. The van der Waals surface area contributed by atoms with Crippen LogP contribution < -0.4 is 4.74 Å². The Morgan fingerprint density at radius 1 is 1.21 bits per heavy atom. The molecule has 1 saturated heterocycles. The minimum absolute atomic E-state index is 0.385. The van der Waals surface area contributed by atoms with Crippen molar-refractivity contribution < 1.29 is 9.26 Å². The molecule has 0 aliphatic carbocycles. The van der Waals surface area contributed by atoms with Gasteiger partial charge in [0.2, 0.25) is 0 Å². The van der Waals surface area contributed by atoms with Crippen LogP contribution in [-0.2, 0) is 13.0 Å². The molecule has 0 bridgehead atoms. The zero-order chi connectivity index (χ0) is 16.8. The van der Waals surface area contributed by atoms with Crippen LogP contribution >= 0.6 is 0 Å². The highest BCUT2D eigenvalue weighted by molar-refractivity contribution is 5.27. The second-order valence-corrected chi connectivity index (χ2v) is 6.59. The van der Waals surface area contributed by atoms with Gasteiger partial charge >= 0.3 is 0 Å². The van der Waals surface area contributed by atoms with Crippen molar-refractivity contribution in [1.29, 1.82) is 0 Å². The van der Waals surface area contributed by atoms with Gasteiger partial charge in [0.1, 0.15) is 17.2 Å². The first-order valence-corrected chi connectivity index (χ1v) is 9.21. The molecule has 1 fully saturated rings. The van der Waals surface area contributed by atoms with Gasteiger partial charge in [-0.05, 0) is 49.9 Å². The minimum atomic E-state index is 0.385. The van der Waals surface area contributed by atoms with Gasteiger partial charge in [-0.15, -0.1) is 0 Å². The molecule has 1 aliphatic heterocycles. The summed E-state index contributed by atoms with van der Waals surface area (Å²) in [5.74, 6) is 1.97.